The van der Waals surface area contributed by atoms with Crippen molar-refractivity contribution in [1.29, 1.82) is 0 Å². The molecule has 0 saturated heterocycles. The summed E-state index contributed by atoms with van der Waals surface area (Å²) >= 11 is 0. The maximum absolute atomic E-state index is 12.0. The quantitative estimate of drug-likeness (QED) is 0.365. The number of hydrogen-bond acceptors (Lipinski definition) is 3. The fourth-order valence-electron chi connectivity index (χ4n) is 1.68. The van der Waals surface area contributed by atoms with Gasteiger partial charge in [-0.25, -0.2) is 4.79 Å². The number of carbonyl (C=O) groups excluding carboxylic acids is 1. The molecule has 1 amide bonds. The maximum Gasteiger partial charge on any atom is 0.410 e. The number of guanidine groups is 1. The first kappa shape index (κ1) is 25.5. The highest BCUT2D eigenvalue weighted by Gasteiger charge is 2.22. The van der Waals surface area contributed by atoms with Gasteiger partial charge in [0.05, 0.1) is 0 Å². The zero-order valence-corrected chi connectivity index (χ0v) is 19.1. The van der Waals surface area contributed by atoms with Crippen LogP contribution in [0.4, 0.5) is 4.79 Å². The number of carbonyl (C=O) groups is 1. The highest BCUT2D eigenvalue weighted by atomic mass is 127. The topological polar surface area (TPSA) is 66.0 Å². The monoisotopic (exact) mass is 456 g/mol. The summed E-state index contributed by atoms with van der Waals surface area (Å²) < 4.78 is 5.38. The van der Waals surface area contributed by atoms with Gasteiger partial charge in [0.2, 0.25) is 0 Å². The second-order valence-electron chi connectivity index (χ2n) is 7.40. The van der Waals surface area contributed by atoms with E-state index in [4.69, 9.17) is 4.74 Å². The summed E-state index contributed by atoms with van der Waals surface area (Å²) in [6.07, 6.45) is 0.521. The SMILES string of the molecule is CN=C(NCCC(C)N(C)C(=O)OC(C)(C)C)NC(C)C(C)C.I. The third kappa shape index (κ3) is 10.9. The van der Waals surface area contributed by atoms with Crippen molar-refractivity contribution >= 4 is 36.0 Å². The lowest BCUT2D eigenvalue weighted by atomic mass is 10.1. The highest BCUT2D eigenvalue weighted by molar-refractivity contribution is 14.0. The molecule has 0 aromatic heterocycles. The van der Waals surface area contributed by atoms with Crippen molar-refractivity contribution in [2.24, 2.45) is 10.9 Å². The number of amides is 1. The van der Waals surface area contributed by atoms with Crippen LogP contribution in [-0.4, -0.2) is 55.3 Å². The van der Waals surface area contributed by atoms with Crippen LogP contribution in [0.15, 0.2) is 4.99 Å². The lowest BCUT2D eigenvalue weighted by Gasteiger charge is -2.29. The first-order valence-corrected chi connectivity index (χ1v) is 8.41. The van der Waals surface area contributed by atoms with Crippen molar-refractivity contribution in [2.45, 2.75) is 72.6 Å². The van der Waals surface area contributed by atoms with E-state index in [9.17, 15) is 4.79 Å². The van der Waals surface area contributed by atoms with Gasteiger partial charge >= 0.3 is 6.09 Å². The Bertz CT molecular complexity index is 395. The zero-order valence-electron chi connectivity index (χ0n) is 16.8. The Balaban J connectivity index is 0. The normalized spacial score (nSPS) is 14.5. The molecule has 0 fully saturated rings. The van der Waals surface area contributed by atoms with Gasteiger partial charge in [-0.2, -0.15) is 0 Å². The Morgan fingerprint density at radius 1 is 1.21 bits per heavy atom. The average molecular weight is 456 g/mol. The molecule has 0 aromatic rings. The fourth-order valence-corrected chi connectivity index (χ4v) is 1.68. The van der Waals surface area contributed by atoms with Crippen LogP contribution in [0.25, 0.3) is 0 Å². The summed E-state index contributed by atoms with van der Waals surface area (Å²) in [7, 11) is 3.53. The smallest absolute Gasteiger partial charge is 0.410 e. The second kappa shape index (κ2) is 11.8. The van der Waals surface area contributed by atoms with Gasteiger partial charge in [0.25, 0.3) is 0 Å². The Morgan fingerprint density at radius 3 is 2.17 bits per heavy atom. The molecule has 2 N–H and O–H groups in total. The molecule has 0 bridgehead atoms. The minimum absolute atomic E-state index is 0. The van der Waals surface area contributed by atoms with Gasteiger partial charge in [-0.1, -0.05) is 13.8 Å². The Hall–Kier alpha value is -0.730. The molecule has 2 atom stereocenters. The molecule has 0 spiro atoms. The van der Waals surface area contributed by atoms with Gasteiger partial charge in [-0.05, 0) is 47.0 Å². The van der Waals surface area contributed by atoms with E-state index in [1.807, 2.05) is 27.7 Å². The molecule has 0 rings (SSSR count). The van der Waals surface area contributed by atoms with Crippen molar-refractivity contribution in [1.82, 2.24) is 15.5 Å². The molecule has 2 unspecified atom stereocenters. The number of ether oxygens (including phenoxy) is 1. The largest absolute Gasteiger partial charge is 0.444 e. The molecule has 0 aliphatic rings. The van der Waals surface area contributed by atoms with Gasteiger partial charge < -0.3 is 20.3 Å². The van der Waals surface area contributed by atoms with Crippen molar-refractivity contribution in [2.75, 3.05) is 20.6 Å². The van der Waals surface area contributed by atoms with Crippen LogP contribution < -0.4 is 10.6 Å². The predicted octanol–water partition coefficient (Wildman–Crippen LogP) is 3.46. The number of hydrogen-bond donors (Lipinski definition) is 2. The molecule has 0 heterocycles. The summed E-state index contributed by atoms with van der Waals surface area (Å²) in [4.78, 5) is 17.9. The van der Waals surface area contributed by atoms with E-state index in [0.717, 1.165) is 18.9 Å². The van der Waals surface area contributed by atoms with Crippen LogP contribution in [0.2, 0.25) is 0 Å². The predicted molar refractivity (Wildman–Crippen MR) is 112 cm³/mol. The lowest BCUT2D eigenvalue weighted by Crippen LogP contribution is -2.46. The molecule has 0 saturated carbocycles. The summed E-state index contributed by atoms with van der Waals surface area (Å²) in [5.74, 6) is 1.32. The fraction of sp³-hybridized carbons (Fsp3) is 0.882. The summed E-state index contributed by atoms with van der Waals surface area (Å²) in [6, 6.07) is 0.432. The lowest BCUT2D eigenvalue weighted by molar-refractivity contribution is 0.0230. The summed E-state index contributed by atoms with van der Waals surface area (Å²) in [6.45, 7) is 14.8. The van der Waals surface area contributed by atoms with Crippen LogP contribution in [0, 0.1) is 5.92 Å². The molecule has 0 aliphatic carbocycles. The molecule has 0 aliphatic heterocycles. The molecule has 144 valence electrons. The van der Waals surface area contributed by atoms with E-state index in [1.54, 1.807) is 19.0 Å². The minimum atomic E-state index is -0.470. The second-order valence-corrected chi connectivity index (χ2v) is 7.40. The molecule has 0 aromatic carbocycles. The van der Waals surface area contributed by atoms with Gasteiger partial charge in [0, 0.05) is 32.7 Å². The van der Waals surface area contributed by atoms with E-state index in [0.29, 0.717) is 12.0 Å². The third-order valence-corrected chi connectivity index (χ3v) is 3.79. The van der Waals surface area contributed by atoms with Crippen LogP contribution in [0.3, 0.4) is 0 Å². The van der Waals surface area contributed by atoms with Gasteiger partial charge in [0.15, 0.2) is 5.96 Å². The first-order chi connectivity index (χ1) is 10.5. The van der Waals surface area contributed by atoms with E-state index < -0.39 is 5.60 Å². The van der Waals surface area contributed by atoms with Crippen LogP contribution in [0.1, 0.15) is 54.9 Å². The van der Waals surface area contributed by atoms with Crippen LogP contribution in [-0.2, 0) is 4.74 Å². The Morgan fingerprint density at radius 2 is 1.75 bits per heavy atom. The molecule has 7 heteroatoms. The van der Waals surface area contributed by atoms with E-state index in [1.165, 1.54) is 0 Å². The molecular weight excluding hydrogens is 419 g/mol. The first-order valence-electron chi connectivity index (χ1n) is 8.41. The van der Waals surface area contributed by atoms with E-state index in [-0.39, 0.29) is 36.1 Å². The van der Waals surface area contributed by atoms with Gasteiger partial charge in [0.1, 0.15) is 5.60 Å². The zero-order chi connectivity index (χ0) is 18.2. The van der Waals surface area contributed by atoms with Gasteiger partial charge in [-0.15, -0.1) is 24.0 Å². The minimum Gasteiger partial charge on any atom is -0.444 e. The van der Waals surface area contributed by atoms with Crippen molar-refractivity contribution in [3.05, 3.63) is 0 Å². The maximum atomic E-state index is 12.0. The Kier molecular flexibility index (Phi) is 12.5. The van der Waals surface area contributed by atoms with Crippen molar-refractivity contribution in [3.8, 4) is 0 Å². The molecule has 6 nitrogen and oxygen atoms in total. The van der Waals surface area contributed by atoms with Crippen LogP contribution in [0.5, 0.6) is 0 Å². The standard InChI is InChI=1S/C17H36N4O2.HI/c1-12(2)14(4)20-15(18-8)19-11-10-13(3)21(9)16(22)23-17(5,6)7;/h12-14H,10-11H2,1-9H3,(H2,18,19,20);1H. The third-order valence-electron chi connectivity index (χ3n) is 3.79. The molecule has 0 radical (unpaired) electrons. The number of rotatable bonds is 6. The Labute approximate surface area is 165 Å². The van der Waals surface area contributed by atoms with E-state index >= 15 is 0 Å². The number of nitrogens with one attached hydrogen (secondary N) is 2. The average Bonchev–Trinajstić information content (AvgIpc) is 2.42. The molecule has 24 heavy (non-hydrogen) atoms. The number of halogens is 1. The number of aliphatic imine (C=N–C) groups is 1. The highest BCUT2D eigenvalue weighted by Crippen LogP contribution is 2.11. The summed E-state index contributed by atoms with van der Waals surface area (Å²) in [5, 5.41) is 6.64. The summed E-state index contributed by atoms with van der Waals surface area (Å²) in [5.41, 5.74) is -0.470. The van der Waals surface area contributed by atoms with Gasteiger partial charge in [-0.3, -0.25) is 4.99 Å². The van der Waals surface area contributed by atoms with Crippen LogP contribution >= 0.6 is 24.0 Å². The molecular formula is C17H37IN4O2. The van der Waals surface area contributed by atoms with Crippen molar-refractivity contribution in [3.63, 3.8) is 0 Å². The van der Waals surface area contributed by atoms with Crippen molar-refractivity contribution < 1.29 is 9.53 Å². The van der Waals surface area contributed by atoms with E-state index in [2.05, 4.69) is 36.4 Å². The number of nitrogens with zero attached hydrogens (tertiary/aromatic N) is 2.